The van der Waals surface area contributed by atoms with Crippen LogP contribution >= 0.6 is 11.6 Å². The Labute approximate surface area is 117 Å². The predicted octanol–water partition coefficient (Wildman–Crippen LogP) is 4.18. The van der Waals surface area contributed by atoms with Gasteiger partial charge in [0, 0.05) is 6.04 Å². The standard InChI is InChI=1S/C15H16ClN3/c1-3-11-7-13(11)19-14-6-10(8-17)4-5-12(14)18-15(19)9(2)16/h4-6,9,11,13H,3,7H2,1-2H3. The van der Waals surface area contributed by atoms with Crippen LogP contribution in [-0.4, -0.2) is 9.55 Å². The zero-order valence-electron chi connectivity index (χ0n) is 11.1. The molecule has 0 amide bonds. The molecule has 2 aromatic rings. The van der Waals surface area contributed by atoms with E-state index in [0.717, 1.165) is 22.8 Å². The van der Waals surface area contributed by atoms with Gasteiger partial charge in [0.2, 0.25) is 0 Å². The van der Waals surface area contributed by atoms with Gasteiger partial charge in [-0.05, 0) is 37.5 Å². The highest BCUT2D eigenvalue weighted by molar-refractivity contribution is 6.20. The van der Waals surface area contributed by atoms with Gasteiger partial charge in [0.25, 0.3) is 0 Å². The summed E-state index contributed by atoms with van der Waals surface area (Å²) < 4.78 is 2.25. The van der Waals surface area contributed by atoms with Crippen LogP contribution in [0.4, 0.5) is 0 Å². The smallest absolute Gasteiger partial charge is 0.127 e. The van der Waals surface area contributed by atoms with Crippen molar-refractivity contribution in [2.24, 2.45) is 5.92 Å². The number of halogens is 1. The zero-order valence-corrected chi connectivity index (χ0v) is 11.9. The SMILES string of the molecule is CCC1CC1n1c(C(C)Cl)nc2ccc(C#N)cc21. The fourth-order valence-electron chi connectivity index (χ4n) is 2.80. The lowest BCUT2D eigenvalue weighted by Gasteiger charge is -2.10. The summed E-state index contributed by atoms with van der Waals surface area (Å²) in [6, 6.07) is 8.35. The van der Waals surface area contributed by atoms with Crippen molar-refractivity contribution in [3.8, 4) is 6.07 Å². The number of imidazole rings is 1. The first-order valence-corrected chi connectivity index (χ1v) is 7.15. The van der Waals surface area contributed by atoms with Crippen molar-refractivity contribution in [2.75, 3.05) is 0 Å². The average molecular weight is 274 g/mol. The molecule has 1 heterocycles. The molecule has 1 saturated carbocycles. The van der Waals surface area contributed by atoms with Crippen LogP contribution in [0.1, 0.15) is 49.5 Å². The molecule has 4 heteroatoms. The van der Waals surface area contributed by atoms with Crippen molar-refractivity contribution in [3.05, 3.63) is 29.6 Å². The third kappa shape index (κ3) is 2.01. The molecule has 1 fully saturated rings. The number of alkyl halides is 1. The van der Waals surface area contributed by atoms with Gasteiger partial charge >= 0.3 is 0 Å². The van der Waals surface area contributed by atoms with Crippen LogP contribution in [0.15, 0.2) is 18.2 Å². The summed E-state index contributed by atoms with van der Waals surface area (Å²) in [5.41, 5.74) is 2.65. The Balaban J connectivity index is 2.20. The number of fused-ring (bicyclic) bond motifs is 1. The molecule has 1 aliphatic carbocycles. The molecular weight excluding hydrogens is 258 g/mol. The average Bonchev–Trinajstić information content (AvgIpc) is 3.09. The number of hydrogen-bond donors (Lipinski definition) is 0. The second-order valence-electron chi connectivity index (χ2n) is 5.24. The summed E-state index contributed by atoms with van der Waals surface area (Å²) in [6.07, 6.45) is 2.37. The Kier molecular flexibility index (Phi) is 2.99. The second kappa shape index (κ2) is 4.54. The molecule has 98 valence electrons. The molecule has 1 aromatic heterocycles. The van der Waals surface area contributed by atoms with E-state index in [1.807, 2.05) is 25.1 Å². The fraction of sp³-hybridized carbons (Fsp3) is 0.467. The highest BCUT2D eigenvalue weighted by Gasteiger charge is 2.39. The van der Waals surface area contributed by atoms with Crippen molar-refractivity contribution in [1.82, 2.24) is 9.55 Å². The van der Waals surface area contributed by atoms with E-state index in [9.17, 15) is 0 Å². The first kappa shape index (κ1) is 12.5. The quantitative estimate of drug-likeness (QED) is 0.787. The van der Waals surface area contributed by atoms with Crippen molar-refractivity contribution in [2.45, 2.75) is 38.1 Å². The molecule has 3 unspecified atom stereocenters. The number of nitrogens with zero attached hydrogens (tertiary/aromatic N) is 3. The van der Waals surface area contributed by atoms with Gasteiger partial charge in [-0.25, -0.2) is 4.98 Å². The van der Waals surface area contributed by atoms with E-state index in [2.05, 4.69) is 22.5 Å². The van der Waals surface area contributed by atoms with Gasteiger partial charge in [-0.1, -0.05) is 13.3 Å². The Hall–Kier alpha value is -1.53. The maximum Gasteiger partial charge on any atom is 0.127 e. The summed E-state index contributed by atoms with van der Waals surface area (Å²) in [7, 11) is 0. The van der Waals surface area contributed by atoms with Crippen LogP contribution in [0, 0.1) is 17.2 Å². The van der Waals surface area contributed by atoms with E-state index in [4.69, 9.17) is 16.9 Å². The molecule has 19 heavy (non-hydrogen) atoms. The van der Waals surface area contributed by atoms with Gasteiger partial charge in [-0.15, -0.1) is 11.6 Å². The number of nitriles is 1. The summed E-state index contributed by atoms with van der Waals surface area (Å²) >= 11 is 6.27. The van der Waals surface area contributed by atoms with Gasteiger partial charge in [0.05, 0.1) is 28.0 Å². The van der Waals surface area contributed by atoms with Crippen molar-refractivity contribution >= 4 is 22.6 Å². The summed E-state index contributed by atoms with van der Waals surface area (Å²) in [4.78, 5) is 4.64. The molecule has 3 atom stereocenters. The second-order valence-corrected chi connectivity index (χ2v) is 5.90. The molecule has 1 aromatic carbocycles. The molecule has 0 radical (unpaired) electrons. The van der Waals surface area contributed by atoms with E-state index in [1.165, 1.54) is 12.8 Å². The van der Waals surface area contributed by atoms with Gasteiger partial charge in [-0.2, -0.15) is 5.26 Å². The predicted molar refractivity (Wildman–Crippen MR) is 76.2 cm³/mol. The van der Waals surface area contributed by atoms with Crippen molar-refractivity contribution in [1.29, 1.82) is 5.26 Å². The molecule has 0 spiro atoms. The lowest BCUT2D eigenvalue weighted by atomic mass is 10.2. The zero-order chi connectivity index (χ0) is 13.6. The van der Waals surface area contributed by atoms with E-state index in [-0.39, 0.29) is 5.38 Å². The number of benzene rings is 1. The monoisotopic (exact) mass is 273 g/mol. The van der Waals surface area contributed by atoms with E-state index < -0.39 is 0 Å². The highest BCUT2D eigenvalue weighted by Crippen LogP contribution is 2.48. The molecule has 3 nitrogen and oxygen atoms in total. The first-order valence-electron chi connectivity index (χ1n) is 6.71. The Morgan fingerprint density at radius 1 is 1.58 bits per heavy atom. The van der Waals surface area contributed by atoms with Crippen LogP contribution in [0.3, 0.4) is 0 Å². The Morgan fingerprint density at radius 2 is 2.37 bits per heavy atom. The van der Waals surface area contributed by atoms with E-state index in [0.29, 0.717) is 11.6 Å². The van der Waals surface area contributed by atoms with Crippen LogP contribution in [0.25, 0.3) is 11.0 Å². The third-order valence-corrected chi connectivity index (χ3v) is 4.14. The van der Waals surface area contributed by atoms with Gasteiger partial charge in [-0.3, -0.25) is 0 Å². The first-order chi connectivity index (χ1) is 9.15. The molecule has 1 aliphatic rings. The van der Waals surface area contributed by atoms with Gasteiger partial charge in [0.15, 0.2) is 0 Å². The summed E-state index contributed by atoms with van der Waals surface area (Å²) in [5.74, 6) is 1.64. The van der Waals surface area contributed by atoms with Crippen LogP contribution in [0.5, 0.6) is 0 Å². The van der Waals surface area contributed by atoms with Crippen LogP contribution < -0.4 is 0 Å². The third-order valence-electron chi connectivity index (χ3n) is 3.94. The lowest BCUT2D eigenvalue weighted by molar-refractivity contribution is 0.624. The maximum atomic E-state index is 9.05. The van der Waals surface area contributed by atoms with Crippen LogP contribution in [-0.2, 0) is 0 Å². The molecular formula is C15H16ClN3. The lowest BCUT2D eigenvalue weighted by Crippen LogP contribution is -2.03. The van der Waals surface area contributed by atoms with E-state index in [1.54, 1.807) is 0 Å². The molecule has 0 bridgehead atoms. The molecule has 0 N–H and O–H groups in total. The minimum Gasteiger partial charge on any atom is -0.323 e. The van der Waals surface area contributed by atoms with Crippen molar-refractivity contribution < 1.29 is 0 Å². The highest BCUT2D eigenvalue weighted by atomic mass is 35.5. The maximum absolute atomic E-state index is 9.05. The number of hydrogen-bond acceptors (Lipinski definition) is 2. The number of aromatic nitrogens is 2. The molecule has 3 rings (SSSR count). The Bertz CT molecular complexity index is 666. The largest absolute Gasteiger partial charge is 0.323 e. The molecule has 0 aliphatic heterocycles. The topological polar surface area (TPSA) is 41.6 Å². The summed E-state index contributed by atoms with van der Waals surface area (Å²) in [6.45, 7) is 4.17. The number of rotatable bonds is 3. The van der Waals surface area contributed by atoms with Crippen molar-refractivity contribution in [3.63, 3.8) is 0 Å². The summed E-state index contributed by atoms with van der Waals surface area (Å²) in [5, 5.41) is 8.94. The van der Waals surface area contributed by atoms with E-state index >= 15 is 0 Å². The van der Waals surface area contributed by atoms with Crippen LogP contribution in [0.2, 0.25) is 0 Å². The Morgan fingerprint density at radius 3 is 2.95 bits per heavy atom. The molecule has 0 saturated heterocycles. The minimum absolute atomic E-state index is 0.115. The normalized spacial score (nSPS) is 23.3. The minimum atomic E-state index is -0.115. The van der Waals surface area contributed by atoms with Gasteiger partial charge in [0.1, 0.15) is 5.82 Å². The van der Waals surface area contributed by atoms with Gasteiger partial charge < -0.3 is 4.57 Å². The fourth-order valence-corrected chi connectivity index (χ4v) is 2.95.